The molecule has 2 heterocycles. The van der Waals surface area contributed by atoms with E-state index in [2.05, 4.69) is 15.3 Å². The van der Waals surface area contributed by atoms with Crippen LogP contribution in [0.1, 0.15) is 12.8 Å². The summed E-state index contributed by atoms with van der Waals surface area (Å²) in [5, 5.41) is 3.89. The van der Waals surface area contributed by atoms with Crippen LogP contribution in [0.5, 0.6) is 0 Å². The lowest BCUT2D eigenvalue weighted by Gasteiger charge is -2.23. The van der Waals surface area contributed by atoms with E-state index in [0.29, 0.717) is 40.0 Å². The fourth-order valence-corrected chi connectivity index (χ4v) is 3.39. The number of imidazole rings is 1. The average molecular weight is 389 g/mol. The third-order valence-corrected chi connectivity index (χ3v) is 4.79. The van der Waals surface area contributed by atoms with Gasteiger partial charge in [-0.15, -0.1) is 0 Å². The van der Waals surface area contributed by atoms with Crippen LogP contribution in [-0.4, -0.2) is 27.8 Å². The van der Waals surface area contributed by atoms with Gasteiger partial charge >= 0.3 is 0 Å². The lowest BCUT2D eigenvalue weighted by atomic mass is 10.2. The Morgan fingerprint density at radius 2 is 1.88 bits per heavy atom. The maximum Gasteiger partial charge on any atom is 0.249 e. The van der Waals surface area contributed by atoms with E-state index in [-0.39, 0.29) is 11.8 Å². The summed E-state index contributed by atoms with van der Waals surface area (Å²) in [6, 6.07) is 11.5. The number of nitrogens with zero attached hydrogens (tertiary/aromatic N) is 2. The van der Waals surface area contributed by atoms with Crippen molar-refractivity contribution in [2.45, 2.75) is 18.9 Å². The molecule has 1 saturated heterocycles. The molecule has 1 aromatic heterocycles. The molecule has 4 rings (SSSR count). The van der Waals surface area contributed by atoms with Crippen molar-refractivity contribution in [2.75, 3.05) is 10.2 Å². The largest absolute Gasteiger partial charge is 0.324 e. The van der Waals surface area contributed by atoms with E-state index in [0.717, 1.165) is 5.52 Å². The minimum absolute atomic E-state index is 0.0936. The molecule has 3 aromatic rings. The number of hydrogen-bond acceptors (Lipinski definition) is 3. The predicted octanol–water partition coefficient (Wildman–Crippen LogP) is 4.00. The quantitative estimate of drug-likeness (QED) is 0.711. The number of hydrogen-bond donors (Lipinski definition) is 2. The van der Waals surface area contributed by atoms with E-state index in [1.54, 1.807) is 42.5 Å². The summed E-state index contributed by atoms with van der Waals surface area (Å²) < 4.78 is 0. The standard InChI is InChI=1S/C18H14Cl2N4O2/c19-10-1-4-12(5-2-10)24-15(7-8-16(24)25)17(26)23-18-21-13-6-3-11(20)9-14(13)22-18/h1-6,9,15H,7-8H2,(H2,21,22,23,26)/t15-/m0/s1. The Hall–Kier alpha value is -2.57. The van der Waals surface area contributed by atoms with Crippen LogP contribution in [0.15, 0.2) is 42.5 Å². The number of anilines is 2. The van der Waals surface area contributed by atoms with Gasteiger partial charge in [0.25, 0.3) is 0 Å². The fourth-order valence-electron chi connectivity index (χ4n) is 3.10. The third-order valence-electron chi connectivity index (χ3n) is 4.31. The van der Waals surface area contributed by atoms with Gasteiger partial charge in [0.2, 0.25) is 17.8 Å². The highest BCUT2D eigenvalue weighted by Crippen LogP contribution is 2.28. The molecule has 8 heteroatoms. The molecule has 0 bridgehead atoms. The SMILES string of the molecule is O=C(Nc1nc2cc(Cl)ccc2[nH]1)[C@@H]1CCC(=O)N1c1ccc(Cl)cc1. The lowest BCUT2D eigenvalue weighted by Crippen LogP contribution is -2.41. The molecule has 0 radical (unpaired) electrons. The van der Waals surface area contributed by atoms with Crippen LogP contribution in [0.4, 0.5) is 11.6 Å². The molecule has 1 aliphatic rings. The van der Waals surface area contributed by atoms with Crippen molar-refractivity contribution in [1.82, 2.24) is 9.97 Å². The summed E-state index contributed by atoms with van der Waals surface area (Å²) in [6.45, 7) is 0. The number of benzene rings is 2. The molecule has 2 amide bonds. The Bertz CT molecular complexity index is 1000. The molecule has 0 unspecified atom stereocenters. The van der Waals surface area contributed by atoms with Gasteiger partial charge in [0, 0.05) is 22.2 Å². The summed E-state index contributed by atoms with van der Waals surface area (Å²) in [4.78, 5) is 33.9. The van der Waals surface area contributed by atoms with E-state index in [1.807, 2.05) is 0 Å². The lowest BCUT2D eigenvalue weighted by molar-refractivity contribution is -0.120. The zero-order valence-electron chi connectivity index (χ0n) is 13.5. The summed E-state index contributed by atoms with van der Waals surface area (Å²) in [7, 11) is 0. The number of carbonyl (C=O) groups is 2. The summed E-state index contributed by atoms with van der Waals surface area (Å²) >= 11 is 11.9. The van der Waals surface area contributed by atoms with Gasteiger partial charge in [-0.05, 0) is 48.9 Å². The van der Waals surface area contributed by atoms with Crippen LogP contribution in [0.2, 0.25) is 10.0 Å². The number of aromatic amines is 1. The molecule has 2 aromatic carbocycles. The number of aromatic nitrogens is 2. The van der Waals surface area contributed by atoms with Gasteiger partial charge in [-0.3, -0.25) is 19.8 Å². The summed E-state index contributed by atoms with van der Waals surface area (Å²) in [5.41, 5.74) is 2.07. The Morgan fingerprint density at radius 3 is 2.65 bits per heavy atom. The molecule has 0 aliphatic carbocycles. The Kier molecular flexibility index (Phi) is 4.30. The van der Waals surface area contributed by atoms with Gasteiger partial charge in [-0.25, -0.2) is 4.98 Å². The number of nitrogens with one attached hydrogen (secondary N) is 2. The second-order valence-corrected chi connectivity index (χ2v) is 6.90. The normalized spacial score (nSPS) is 17.1. The van der Waals surface area contributed by atoms with Gasteiger partial charge < -0.3 is 4.98 Å². The smallest absolute Gasteiger partial charge is 0.249 e. The van der Waals surface area contributed by atoms with Crippen molar-refractivity contribution in [1.29, 1.82) is 0 Å². The molecule has 1 aliphatic heterocycles. The van der Waals surface area contributed by atoms with Crippen molar-refractivity contribution >= 4 is 57.7 Å². The molecule has 132 valence electrons. The Morgan fingerprint density at radius 1 is 1.15 bits per heavy atom. The highest BCUT2D eigenvalue weighted by Gasteiger charge is 2.37. The highest BCUT2D eigenvalue weighted by atomic mass is 35.5. The fraction of sp³-hybridized carbons (Fsp3) is 0.167. The van der Waals surface area contributed by atoms with E-state index in [4.69, 9.17) is 23.2 Å². The zero-order chi connectivity index (χ0) is 18.3. The minimum Gasteiger partial charge on any atom is -0.324 e. The number of amides is 2. The van der Waals surface area contributed by atoms with Crippen LogP contribution in [0.25, 0.3) is 11.0 Å². The monoisotopic (exact) mass is 388 g/mol. The molecule has 1 fully saturated rings. The van der Waals surface area contributed by atoms with Gasteiger partial charge in [-0.2, -0.15) is 0 Å². The number of rotatable bonds is 3. The van der Waals surface area contributed by atoms with Crippen LogP contribution in [0, 0.1) is 0 Å². The number of fused-ring (bicyclic) bond motifs is 1. The number of halogens is 2. The van der Waals surface area contributed by atoms with Crippen molar-refractivity contribution in [3.05, 3.63) is 52.5 Å². The first-order chi connectivity index (χ1) is 12.5. The summed E-state index contributed by atoms with van der Waals surface area (Å²) in [5.74, 6) is -0.0671. The van der Waals surface area contributed by atoms with E-state index in [9.17, 15) is 9.59 Å². The average Bonchev–Trinajstić information content (AvgIpc) is 3.18. The van der Waals surface area contributed by atoms with E-state index in [1.165, 1.54) is 4.90 Å². The van der Waals surface area contributed by atoms with Crippen LogP contribution < -0.4 is 10.2 Å². The van der Waals surface area contributed by atoms with E-state index < -0.39 is 6.04 Å². The first kappa shape index (κ1) is 16.9. The van der Waals surface area contributed by atoms with Gasteiger partial charge in [-0.1, -0.05) is 23.2 Å². The van der Waals surface area contributed by atoms with Crippen molar-refractivity contribution in [2.24, 2.45) is 0 Å². The van der Waals surface area contributed by atoms with E-state index >= 15 is 0 Å². The maximum atomic E-state index is 12.7. The number of H-pyrrole nitrogens is 1. The maximum absolute atomic E-state index is 12.7. The molecule has 6 nitrogen and oxygen atoms in total. The first-order valence-corrected chi connectivity index (χ1v) is 8.80. The Labute approximate surface area is 159 Å². The highest BCUT2D eigenvalue weighted by molar-refractivity contribution is 6.31. The second-order valence-electron chi connectivity index (χ2n) is 6.03. The van der Waals surface area contributed by atoms with Crippen molar-refractivity contribution in [3.8, 4) is 0 Å². The van der Waals surface area contributed by atoms with Crippen LogP contribution in [0.3, 0.4) is 0 Å². The molecular formula is C18H14Cl2N4O2. The van der Waals surface area contributed by atoms with Crippen molar-refractivity contribution in [3.63, 3.8) is 0 Å². The minimum atomic E-state index is -0.597. The molecule has 0 spiro atoms. The zero-order valence-corrected chi connectivity index (χ0v) is 15.0. The number of carbonyl (C=O) groups excluding carboxylic acids is 2. The molecule has 0 saturated carbocycles. The van der Waals surface area contributed by atoms with Gasteiger partial charge in [0.15, 0.2) is 0 Å². The Balaban J connectivity index is 1.57. The molecule has 1 atom stereocenters. The summed E-state index contributed by atoms with van der Waals surface area (Å²) in [6.07, 6.45) is 0.760. The van der Waals surface area contributed by atoms with Gasteiger partial charge in [0.1, 0.15) is 6.04 Å². The van der Waals surface area contributed by atoms with Crippen molar-refractivity contribution < 1.29 is 9.59 Å². The predicted molar refractivity (Wildman–Crippen MR) is 102 cm³/mol. The molecular weight excluding hydrogens is 375 g/mol. The topological polar surface area (TPSA) is 78.1 Å². The van der Waals surface area contributed by atoms with Crippen LogP contribution >= 0.6 is 23.2 Å². The van der Waals surface area contributed by atoms with Gasteiger partial charge in [0.05, 0.1) is 11.0 Å². The molecule has 2 N–H and O–H groups in total. The van der Waals surface area contributed by atoms with Crippen LogP contribution in [-0.2, 0) is 9.59 Å². The third kappa shape index (κ3) is 3.13. The first-order valence-electron chi connectivity index (χ1n) is 8.05. The second kappa shape index (κ2) is 6.63. The molecule has 26 heavy (non-hydrogen) atoms.